The Morgan fingerprint density at radius 2 is 1.84 bits per heavy atom. The van der Waals surface area contributed by atoms with Gasteiger partial charge in [-0.3, -0.25) is 4.79 Å². The molecule has 2 heterocycles. The van der Waals surface area contributed by atoms with E-state index in [1.165, 1.54) is 18.9 Å². The molecule has 2 aromatic heterocycles. The van der Waals surface area contributed by atoms with Crippen molar-refractivity contribution in [2.75, 3.05) is 0 Å². The number of ether oxygens (including phenoxy) is 1. The van der Waals surface area contributed by atoms with Gasteiger partial charge in [0.25, 0.3) is 0 Å². The van der Waals surface area contributed by atoms with Gasteiger partial charge in [0, 0.05) is 23.1 Å². The Morgan fingerprint density at radius 3 is 2.49 bits per heavy atom. The lowest BCUT2D eigenvalue weighted by Gasteiger charge is -2.16. The van der Waals surface area contributed by atoms with Gasteiger partial charge in [-0.15, -0.1) is 0 Å². The summed E-state index contributed by atoms with van der Waals surface area (Å²) in [6, 6.07) is 12.3. The van der Waals surface area contributed by atoms with Crippen molar-refractivity contribution in [3.8, 4) is 22.8 Å². The molecule has 37 heavy (non-hydrogen) atoms. The molecular weight excluding hydrogens is 536 g/mol. The minimum atomic E-state index is -0.442. The minimum Gasteiger partial charge on any atom is -0.437 e. The highest BCUT2D eigenvalue weighted by atomic mass is 35.5. The van der Waals surface area contributed by atoms with Gasteiger partial charge >= 0.3 is 0 Å². The van der Waals surface area contributed by atoms with E-state index in [0.717, 1.165) is 33.8 Å². The second kappa shape index (κ2) is 11.1. The van der Waals surface area contributed by atoms with Crippen LogP contribution in [0.4, 0.5) is 4.39 Å². The fourth-order valence-corrected chi connectivity index (χ4v) is 5.71. The summed E-state index contributed by atoms with van der Waals surface area (Å²) in [5, 5.41) is 1.89. The molecule has 2 N–H and O–H groups in total. The van der Waals surface area contributed by atoms with Gasteiger partial charge in [-0.25, -0.2) is 14.4 Å². The zero-order valence-electron chi connectivity index (χ0n) is 20.0. The van der Waals surface area contributed by atoms with Crippen LogP contribution in [0.15, 0.2) is 42.5 Å². The Bertz CT molecular complexity index is 1450. The molecule has 1 amide bonds. The summed E-state index contributed by atoms with van der Waals surface area (Å²) < 4.78 is 20.9. The number of amides is 1. The van der Waals surface area contributed by atoms with E-state index < -0.39 is 5.82 Å². The van der Waals surface area contributed by atoms with Crippen molar-refractivity contribution < 1.29 is 18.7 Å². The Hall–Kier alpha value is -3.07. The zero-order chi connectivity index (χ0) is 26.7. The van der Waals surface area contributed by atoms with Crippen molar-refractivity contribution in [1.29, 1.82) is 0 Å². The summed E-state index contributed by atoms with van der Waals surface area (Å²) in [5.74, 6) is 0.864. The smallest absolute Gasteiger partial charge is 0.220 e. The van der Waals surface area contributed by atoms with E-state index >= 15 is 0 Å². The largest absolute Gasteiger partial charge is 0.437 e. The van der Waals surface area contributed by atoms with Crippen molar-refractivity contribution in [1.82, 2.24) is 9.97 Å². The first-order chi connectivity index (χ1) is 17.8. The molecule has 0 atom stereocenters. The van der Waals surface area contributed by atoms with E-state index in [2.05, 4.69) is 22.6 Å². The van der Waals surface area contributed by atoms with Crippen molar-refractivity contribution >= 4 is 58.1 Å². The lowest BCUT2D eigenvalue weighted by atomic mass is 9.93. The number of hydrogen-bond acceptors (Lipinski definition) is 6. The highest BCUT2D eigenvalue weighted by Gasteiger charge is 2.41. The molecule has 10 heteroatoms. The summed E-state index contributed by atoms with van der Waals surface area (Å²) in [6.07, 6.45) is 4.81. The first-order valence-electron chi connectivity index (χ1n) is 11.5. The number of benzene rings is 2. The molecule has 6 rings (SSSR count). The van der Waals surface area contributed by atoms with Gasteiger partial charge in [0.2, 0.25) is 12.3 Å². The number of rotatable bonds is 5. The molecule has 0 radical (unpaired) electrons. The number of carbonyl (C=O) groups is 2. The monoisotopic (exact) mass is 559 g/mol. The van der Waals surface area contributed by atoms with Crippen LogP contribution in [0.2, 0.25) is 10.0 Å². The average molecular weight is 560 g/mol. The second-order valence-electron chi connectivity index (χ2n) is 9.03. The molecular formula is C27H24Cl2FN3O3S. The molecule has 2 aliphatic carbocycles. The maximum atomic E-state index is 15.0. The van der Waals surface area contributed by atoms with Crippen LogP contribution in [0.5, 0.6) is 11.6 Å². The van der Waals surface area contributed by atoms with Crippen molar-refractivity contribution in [2.24, 2.45) is 5.73 Å². The quantitative estimate of drug-likeness (QED) is 0.256. The SMILES string of the molecule is C=O.CC1(c2cccc(-c3cc(Oc4ccc5nc(C6CC6)sc5n4)c(Cl)cc3F)c2Cl)CC1.NC=O. The van der Waals surface area contributed by atoms with Crippen LogP contribution in [-0.2, 0) is 15.0 Å². The van der Waals surface area contributed by atoms with Crippen LogP contribution in [0.25, 0.3) is 21.5 Å². The molecule has 2 aromatic carbocycles. The molecule has 0 bridgehead atoms. The summed E-state index contributed by atoms with van der Waals surface area (Å²) in [7, 11) is 0. The minimum absolute atomic E-state index is 0.0721. The molecule has 4 aromatic rings. The molecule has 2 fully saturated rings. The van der Waals surface area contributed by atoms with E-state index in [-0.39, 0.29) is 16.8 Å². The van der Waals surface area contributed by atoms with Gasteiger partial charge in [-0.1, -0.05) is 59.7 Å². The third-order valence-electron chi connectivity index (χ3n) is 6.35. The zero-order valence-corrected chi connectivity index (χ0v) is 22.3. The number of pyridine rings is 1. The number of halogens is 3. The Morgan fingerprint density at radius 1 is 1.14 bits per heavy atom. The highest BCUT2D eigenvalue weighted by molar-refractivity contribution is 7.18. The van der Waals surface area contributed by atoms with Crippen molar-refractivity contribution in [3.63, 3.8) is 0 Å². The molecule has 6 nitrogen and oxygen atoms in total. The topological polar surface area (TPSA) is 95.2 Å². The van der Waals surface area contributed by atoms with E-state index in [9.17, 15) is 4.39 Å². The van der Waals surface area contributed by atoms with Crippen LogP contribution in [-0.4, -0.2) is 23.2 Å². The summed E-state index contributed by atoms with van der Waals surface area (Å²) in [4.78, 5) is 26.7. The fourth-order valence-electron chi connectivity index (χ4n) is 3.97. The number of carbonyl (C=O) groups excluding carboxylic acids is 2. The number of hydrogen-bond donors (Lipinski definition) is 1. The van der Waals surface area contributed by atoms with Crippen LogP contribution >= 0.6 is 34.5 Å². The number of thiazole rings is 1. The molecule has 0 saturated heterocycles. The van der Waals surface area contributed by atoms with Gasteiger partial charge in [0.05, 0.1) is 15.1 Å². The fraction of sp³-hybridized carbons (Fsp3) is 0.259. The molecule has 192 valence electrons. The lowest BCUT2D eigenvalue weighted by molar-refractivity contribution is -0.107. The van der Waals surface area contributed by atoms with Crippen LogP contribution in [0.1, 0.15) is 49.1 Å². The first kappa shape index (κ1) is 27.0. The van der Waals surface area contributed by atoms with Gasteiger partial charge in [-0.2, -0.15) is 0 Å². The first-order valence-corrected chi connectivity index (χ1v) is 13.1. The molecule has 2 aliphatic rings. The second-order valence-corrected chi connectivity index (χ2v) is 10.8. The Labute approximate surface area is 227 Å². The van der Waals surface area contributed by atoms with Crippen molar-refractivity contribution in [3.05, 3.63) is 68.9 Å². The number of nitrogens with two attached hydrogens (primary N) is 1. The van der Waals surface area contributed by atoms with Crippen LogP contribution in [0, 0.1) is 5.82 Å². The predicted octanol–water partition coefficient (Wildman–Crippen LogP) is 7.44. The normalized spacial score (nSPS) is 15.1. The van der Waals surface area contributed by atoms with E-state index in [0.29, 0.717) is 33.7 Å². The molecule has 0 unspecified atom stereocenters. The maximum Gasteiger partial charge on any atom is 0.220 e. The molecule has 0 aliphatic heterocycles. The van der Waals surface area contributed by atoms with Gasteiger partial charge < -0.3 is 15.3 Å². The number of aromatic nitrogens is 2. The van der Waals surface area contributed by atoms with Crippen LogP contribution < -0.4 is 10.5 Å². The average Bonchev–Trinajstić information content (AvgIpc) is 3.82. The predicted molar refractivity (Wildman–Crippen MR) is 145 cm³/mol. The van der Waals surface area contributed by atoms with Gasteiger partial charge in [0.1, 0.15) is 28.7 Å². The summed E-state index contributed by atoms with van der Waals surface area (Å²) in [5.41, 5.74) is 7.15. The third-order valence-corrected chi connectivity index (χ3v) is 8.18. The molecule has 2 saturated carbocycles. The third kappa shape index (κ3) is 5.76. The Kier molecular flexibility index (Phi) is 8.11. The molecule has 0 spiro atoms. The highest BCUT2D eigenvalue weighted by Crippen LogP contribution is 2.52. The lowest BCUT2D eigenvalue weighted by Crippen LogP contribution is -2.02. The Balaban J connectivity index is 0.000000599. The maximum absolute atomic E-state index is 15.0. The van der Waals surface area contributed by atoms with E-state index in [1.807, 2.05) is 31.1 Å². The summed E-state index contributed by atoms with van der Waals surface area (Å²) >= 11 is 14.7. The van der Waals surface area contributed by atoms with Gasteiger partial charge in [-0.05, 0) is 54.9 Å². The standard InChI is InChI=1S/C25H19Cl2FN2OS.CH3NO.CH2O/c1-25(9-10-25)16-4-2-3-14(22(16)27)15-11-20(17(26)12-18(15)28)31-21-8-7-19-24(30-21)32-23(29-19)13-5-6-13;2-1-3;1-2/h2-4,7-8,11-13H,5-6,9-10H2,1H3;1H,(H2,2,3);1H2. The van der Waals surface area contributed by atoms with E-state index in [4.69, 9.17) is 37.5 Å². The number of nitrogens with zero attached hydrogens (tertiary/aromatic N) is 2. The number of fused-ring (bicyclic) bond motifs is 1. The number of primary amides is 1. The van der Waals surface area contributed by atoms with Crippen LogP contribution in [0.3, 0.4) is 0 Å². The van der Waals surface area contributed by atoms with Gasteiger partial charge in [0.15, 0.2) is 0 Å². The van der Waals surface area contributed by atoms with Crippen molar-refractivity contribution in [2.45, 2.75) is 43.9 Å². The van der Waals surface area contributed by atoms with E-state index in [1.54, 1.807) is 23.5 Å². The summed E-state index contributed by atoms with van der Waals surface area (Å²) in [6.45, 7) is 4.18.